The number of para-hydroxylation sites is 2. The van der Waals surface area contributed by atoms with Crippen molar-refractivity contribution in [1.29, 1.82) is 0 Å². The molecule has 0 aliphatic rings. The lowest BCUT2D eigenvalue weighted by molar-refractivity contribution is 0.00323. The first-order valence-corrected chi connectivity index (χ1v) is 11.9. The quantitative estimate of drug-likeness (QED) is 0.360. The second kappa shape index (κ2) is 13.3. The van der Waals surface area contributed by atoms with E-state index < -0.39 is 11.9 Å². The van der Waals surface area contributed by atoms with Gasteiger partial charge in [-0.25, -0.2) is 9.07 Å². The number of ether oxygens (including phenoxy) is 3. The summed E-state index contributed by atoms with van der Waals surface area (Å²) >= 11 is 0. The molecular weight excluding hydrogens is 449 g/mol. The summed E-state index contributed by atoms with van der Waals surface area (Å²) in [6, 6.07) is 15.9. The minimum absolute atomic E-state index is 0.122. The first-order valence-electron chi connectivity index (χ1n) is 11.9. The molecule has 1 atom stereocenters. The van der Waals surface area contributed by atoms with Crippen LogP contribution >= 0.6 is 0 Å². The van der Waals surface area contributed by atoms with Crippen LogP contribution in [0.3, 0.4) is 0 Å². The number of aryl methyl sites for hydroxylation is 1. The lowest BCUT2D eigenvalue weighted by Gasteiger charge is -2.25. The Morgan fingerprint density at radius 2 is 1.77 bits per heavy atom. The average molecular weight is 486 g/mol. The Balaban J connectivity index is 1.90. The molecule has 0 saturated carbocycles. The molecule has 1 unspecified atom stereocenters. The highest BCUT2D eigenvalue weighted by atomic mass is 19.1. The Morgan fingerprint density at radius 1 is 1.06 bits per heavy atom. The summed E-state index contributed by atoms with van der Waals surface area (Å²) in [5, 5.41) is 15.3. The van der Waals surface area contributed by atoms with Crippen LogP contribution in [-0.4, -0.2) is 65.9 Å². The van der Waals surface area contributed by atoms with Gasteiger partial charge in [-0.1, -0.05) is 44.2 Å². The third-order valence-electron chi connectivity index (χ3n) is 5.41. The topological polar surface area (TPSA) is 69.0 Å². The molecular formula is C27H36FN3O4. The standard InChI is InChI=1S/C27H36FN3O4/c1-20(2)18-34-19-23(32)16-30(14-15-33-4)17-24-21(3)29-31(22-10-6-5-7-11-22)27(24)35-26-13-9-8-12-25(26)28/h5-13,20,23,32H,14-19H2,1-4H3. The number of hydrogen-bond donors (Lipinski definition) is 1. The molecule has 3 rings (SSSR count). The van der Waals surface area contributed by atoms with Gasteiger partial charge >= 0.3 is 0 Å². The molecule has 3 aromatic rings. The number of aromatic nitrogens is 2. The minimum atomic E-state index is -0.661. The van der Waals surface area contributed by atoms with Crippen LogP contribution in [0.25, 0.3) is 5.69 Å². The second-order valence-corrected chi connectivity index (χ2v) is 8.96. The molecule has 7 nitrogen and oxygen atoms in total. The van der Waals surface area contributed by atoms with Crippen LogP contribution in [0.1, 0.15) is 25.1 Å². The third-order valence-corrected chi connectivity index (χ3v) is 5.41. The van der Waals surface area contributed by atoms with Crippen molar-refractivity contribution in [1.82, 2.24) is 14.7 Å². The largest absolute Gasteiger partial charge is 0.435 e. The molecule has 8 heteroatoms. The van der Waals surface area contributed by atoms with Crippen molar-refractivity contribution in [2.45, 2.75) is 33.4 Å². The average Bonchev–Trinajstić information content (AvgIpc) is 3.14. The molecule has 0 aliphatic carbocycles. The van der Waals surface area contributed by atoms with E-state index in [-0.39, 0.29) is 12.4 Å². The van der Waals surface area contributed by atoms with Gasteiger partial charge in [-0.05, 0) is 37.1 Å². The number of rotatable bonds is 14. The van der Waals surface area contributed by atoms with Crippen molar-refractivity contribution in [3.63, 3.8) is 0 Å². The lowest BCUT2D eigenvalue weighted by atomic mass is 10.2. The van der Waals surface area contributed by atoms with Gasteiger partial charge in [0.2, 0.25) is 5.88 Å². The number of benzene rings is 2. The van der Waals surface area contributed by atoms with Crippen LogP contribution < -0.4 is 4.74 Å². The summed E-state index contributed by atoms with van der Waals surface area (Å²) in [5.74, 6) is 0.505. The Labute approximate surface area is 207 Å². The lowest BCUT2D eigenvalue weighted by Crippen LogP contribution is -2.37. The van der Waals surface area contributed by atoms with E-state index in [1.807, 2.05) is 37.3 Å². The van der Waals surface area contributed by atoms with E-state index in [0.717, 1.165) is 16.9 Å². The molecule has 0 saturated heterocycles. The summed E-state index contributed by atoms with van der Waals surface area (Å²) in [5.41, 5.74) is 2.37. The predicted molar refractivity (Wildman–Crippen MR) is 134 cm³/mol. The van der Waals surface area contributed by atoms with Gasteiger partial charge in [-0.3, -0.25) is 4.90 Å². The van der Waals surface area contributed by atoms with Crippen molar-refractivity contribution in [3.05, 3.63) is 71.7 Å². The van der Waals surface area contributed by atoms with Crippen molar-refractivity contribution >= 4 is 0 Å². The second-order valence-electron chi connectivity index (χ2n) is 8.96. The molecule has 1 aromatic heterocycles. The zero-order valence-electron chi connectivity index (χ0n) is 21.0. The number of nitrogens with zero attached hydrogens (tertiary/aromatic N) is 3. The van der Waals surface area contributed by atoms with Crippen LogP contribution in [0.2, 0.25) is 0 Å². The van der Waals surface area contributed by atoms with Gasteiger partial charge < -0.3 is 19.3 Å². The van der Waals surface area contributed by atoms with E-state index >= 15 is 0 Å². The van der Waals surface area contributed by atoms with Crippen molar-refractivity contribution < 1.29 is 23.7 Å². The fourth-order valence-corrected chi connectivity index (χ4v) is 3.67. The monoisotopic (exact) mass is 485 g/mol. The third kappa shape index (κ3) is 7.86. The SMILES string of the molecule is COCCN(Cc1c(C)nn(-c2ccccc2)c1Oc1ccccc1F)CC(O)COCC(C)C. The molecule has 0 radical (unpaired) electrons. The number of aliphatic hydroxyl groups excluding tert-OH is 1. The molecule has 0 spiro atoms. The van der Waals surface area contributed by atoms with E-state index in [1.165, 1.54) is 6.07 Å². The Bertz CT molecular complexity index is 1040. The zero-order chi connectivity index (χ0) is 25.2. The predicted octanol–water partition coefficient (Wildman–Crippen LogP) is 4.59. The maximum atomic E-state index is 14.5. The molecule has 35 heavy (non-hydrogen) atoms. The smallest absolute Gasteiger partial charge is 0.227 e. The molecule has 0 fully saturated rings. The fourth-order valence-electron chi connectivity index (χ4n) is 3.67. The first kappa shape index (κ1) is 26.8. The number of hydrogen-bond acceptors (Lipinski definition) is 6. The van der Waals surface area contributed by atoms with Crippen LogP contribution in [0, 0.1) is 18.7 Å². The molecule has 0 aliphatic heterocycles. The van der Waals surface area contributed by atoms with Gasteiger partial charge in [0, 0.05) is 33.4 Å². The molecule has 2 aromatic carbocycles. The van der Waals surface area contributed by atoms with Crippen molar-refractivity contribution in [3.8, 4) is 17.3 Å². The molecule has 1 N–H and O–H groups in total. The minimum Gasteiger partial charge on any atom is -0.435 e. The highest BCUT2D eigenvalue weighted by molar-refractivity contribution is 5.43. The van der Waals surface area contributed by atoms with Gasteiger partial charge in [0.25, 0.3) is 0 Å². The Kier molecular flexibility index (Phi) is 10.2. The molecule has 0 amide bonds. The molecule has 190 valence electrons. The maximum absolute atomic E-state index is 14.5. The van der Waals surface area contributed by atoms with Crippen LogP contribution in [0.5, 0.6) is 11.6 Å². The molecule has 1 heterocycles. The molecule has 0 bridgehead atoms. The Morgan fingerprint density at radius 3 is 2.46 bits per heavy atom. The Hall–Kier alpha value is -2.78. The number of methoxy groups -OCH3 is 1. The summed E-state index contributed by atoms with van der Waals surface area (Å²) in [6.07, 6.45) is -0.661. The van der Waals surface area contributed by atoms with Gasteiger partial charge in [0.05, 0.1) is 36.3 Å². The van der Waals surface area contributed by atoms with E-state index in [4.69, 9.17) is 19.3 Å². The van der Waals surface area contributed by atoms with Gasteiger partial charge in [-0.15, -0.1) is 0 Å². The fraction of sp³-hybridized carbons (Fsp3) is 0.444. The van der Waals surface area contributed by atoms with Crippen LogP contribution in [0.4, 0.5) is 4.39 Å². The normalized spacial score (nSPS) is 12.5. The van der Waals surface area contributed by atoms with Gasteiger partial charge in [0.1, 0.15) is 0 Å². The number of aliphatic hydroxyl groups is 1. The highest BCUT2D eigenvalue weighted by Crippen LogP contribution is 2.32. The maximum Gasteiger partial charge on any atom is 0.227 e. The first-order chi connectivity index (χ1) is 16.9. The van der Waals surface area contributed by atoms with E-state index in [9.17, 15) is 9.50 Å². The van der Waals surface area contributed by atoms with Gasteiger partial charge in [0.15, 0.2) is 11.6 Å². The summed E-state index contributed by atoms with van der Waals surface area (Å²) < 4.78 is 33.2. The van der Waals surface area contributed by atoms with Crippen LogP contribution in [0.15, 0.2) is 54.6 Å². The van der Waals surface area contributed by atoms with Crippen molar-refractivity contribution in [2.24, 2.45) is 5.92 Å². The van der Waals surface area contributed by atoms with E-state index in [0.29, 0.717) is 44.6 Å². The summed E-state index contributed by atoms with van der Waals surface area (Å²) in [4.78, 5) is 2.07. The van der Waals surface area contributed by atoms with Gasteiger partial charge in [-0.2, -0.15) is 5.10 Å². The van der Waals surface area contributed by atoms with E-state index in [1.54, 1.807) is 30.0 Å². The highest BCUT2D eigenvalue weighted by Gasteiger charge is 2.23. The summed E-state index contributed by atoms with van der Waals surface area (Å²) in [6.45, 7) is 8.80. The van der Waals surface area contributed by atoms with Crippen LogP contribution in [-0.2, 0) is 16.0 Å². The van der Waals surface area contributed by atoms with E-state index in [2.05, 4.69) is 18.7 Å². The zero-order valence-corrected chi connectivity index (χ0v) is 21.0. The summed E-state index contributed by atoms with van der Waals surface area (Å²) in [7, 11) is 1.64. The van der Waals surface area contributed by atoms with Crippen molar-refractivity contribution in [2.75, 3.05) is 40.0 Å². The number of halogens is 1.